The van der Waals surface area contributed by atoms with Crippen molar-refractivity contribution in [2.75, 3.05) is 16.6 Å². The first-order chi connectivity index (χ1) is 15.0. The van der Waals surface area contributed by atoms with E-state index >= 15 is 0 Å². The lowest BCUT2D eigenvalue weighted by molar-refractivity contribution is 0.0600. The molecule has 0 aliphatic rings. The van der Waals surface area contributed by atoms with Crippen molar-refractivity contribution in [1.82, 2.24) is 0 Å². The highest BCUT2D eigenvalue weighted by atomic mass is 32.2. The molecule has 10 heteroatoms. The van der Waals surface area contributed by atoms with Gasteiger partial charge in [0, 0.05) is 5.69 Å². The Bertz CT molecular complexity index is 1370. The maximum atomic E-state index is 12.9. The van der Waals surface area contributed by atoms with Crippen LogP contribution in [0.15, 0.2) is 76.5 Å². The summed E-state index contributed by atoms with van der Waals surface area (Å²) >= 11 is 0. The van der Waals surface area contributed by atoms with Crippen LogP contribution in [0.5, 0.6) is 0 Å². The van der Waals surface area contributed by atoms with Crippen LogP contribution in [-0.4, -0.2) is 29.9 Å². The summed E-state index contributed by atoms with van der Waals surface area (Å²) in [6.45, 7) is 3.46. The van der Waals surface area contributed by atoms with Gasteiger partial charge in [-0.2, -0.15) is 0 Å². The summed E-state index contributed by atoms with van der Waals surface area (Å²) in [5, 5.41) is 0. The van der Waals surface area contributed by atoms with E-state index < -0.39 is 26.0 Å². The van der Waals surface area contributed by atoms with E-state index in [1.807, 2.05) is 13.0 Å². The Morgan fingerprint density at radius 3 is 2.03 bits per heavy atom. The molecule has 0 amide bonds. The van der Waals surface area contributed by atoms with E-state index in [2.05, 4.69) is 14.2 Å². The normalized spacial score (nSPS) is 11.6. The lowest BCUT2D eigenvalue weighted by Crippen LogP contribution is -2.16. The number of benzene rings is 3. The molecule has 0 radical (unpaired) electrons. The van der Waals surface area contributed by atoms with Gasteiger partial charge in [-0.3, -0.25) is 9.44 Å². The SMILES string of the molecule is COC(=O)c1ccc(S(=O)(=O)Nc2ccc(C)c(S(=O)(=O)Nc3cccc(C)c3)c2)cc1. The number of rotatable bonds is 7. The molecule has 8 nitrogen and oxygen atoms in total. The lowest BCUT2D eigenvalue weighted by Gasteiger charge is -2.14. The van der Waals surface area contributed by atoms with Crippen LogP contribution in [0.2, 0.25) is 0 Å². The maximum absolute atomic E-state index is 12.9. The predicted molar refractivity (Wildman–Crippen MR) is 122 cm³/mol. The van der Waals surface area contributed by atoms with Crippen LogP contribution in [0, 0.1) is 13.8 Å². The minimum atomic E-state index is -4.02. The molecule has 0 aliphatic carbocycles. The zero-order chi connectivity index (χ0) is 23.5. The van der Waals surface area contributed by atoms with E-state index in [4.69, 9.17) is 0 Å². The van der Waals surface area contributed by atoms with Crippen LogP contribution in [0.25, 0.3) is 0 Å². The highest BCUT2D eigenvalue weighted by Crippen LogP contribution is 2.25. The fourth-order valence-electron chi connectivity index (χ4n) is 2.97. The van der Waals surface area contributed by atoms with Gasteiger partial charge in [0.25, 0.3) is 20.0 Å². The number of esters is 1. The molecule has 32 heavy (non-hydrogen) atoms. The Morgan fingerprint density at radius 1 is 0.781 bits per heavy atom. The number of methoxy groups -OCH3 is 1. The summed E-state index contributed by atoms with van der Waals surface area (Å²) in [7, 11) is -6.75. The third kappa shape index (κ3) is 5.27. The van der Waals surface area contributed by atoms with E-state index in [1.165, 1.54) is 49.6 Å². The number of hydrogen-bond acceptors (Lipinski definition) is 6. The van der Waals surface area contributed by atoms with Gasteiger partial charge < -0.3 is 4.74 Å². The number of nitrogens with one attached hydrogen (secondary N) is 2. The number of aryl methyl sites for hydroxylation is 2. The Morgan fingerprint density at radius 2 is 1.41 bits per heavy atom. The van der Waals surface area contributed by atoms with Crippen molar-refractivity contribution in [3.8, 4) is 0 Å². The second-order valence-corrected chi connectivity index (χ2v) is 10.4. The fraction of sp³-hybridized carbons (Fsp3) is 0.136. The van der Waals surface area contributed by atoms with Gasteiger partial charge in [0.15, 0.2) is 0 Å². The van der Waals surface area contributed by atoms with Crippen LogP contribution in [-0.2, 0) is 24.8 Å². The van der Waals surface area contributed by atoms with Gasteiger partial charge in [0.1, 0.15) is 0 Å². The predicted octanol–water partition coefficient (Wildman–Crippen LogP) is 3.69. The van der Waals surface area contributed by atoms with Crippen LogP contribution >= 0.6 is 0 Å². The van der Waals surface area contributed by atoms with Gasteiger partial charge in [0.2, 0.25) is 0 Å². The van der Waals surface area contributed by atoms with Gasteiger partial charge in [-0.05, 0) is 73.5 Å². The molecule has 0 atom stereocenters. The Labute approximate surface area is 187 Å². The third-order valence-electron chi connectivity index (χ3n) is 4.59. The molecule has 0 spiro atoms. The molecular weight excluding hydrogens is 452 g/mol. The average Bonchev–Trinajstić information content (AvgIpc) is 2.74. The second kappa shape index (κ2) is 9.01. The zero-order valence-corrected chi connectivity index (χ0v) is 19.2. The molecule has 0 fully saturated rings. The molecule has 0 aliphatic heterocycles. The van der Waals surface area contributed by atoms with Crippen molar-refractivity contribution in [2.45, 2.75) is 23.6 Å². The lowest BCUT2D eigenvalue weighted by atomic mass is 10.2. The van der Waals surface area contributed by atoms with Crippen molar-refractivity contribution in [1.29, 1.82) is 0 Å². The molecule has 3 aromatic carbocycles. The minimum Gasteiger partial charge on any atom is -0.465 e. The summed E-state index contributed by atoms with van der Waals surface area (Å²) in [5.74, 6) is -0.587. The van der Waals surface area contributed by atoms with Gasteiger partial charge in [-0.25, -0.2) is 21.6 Å². The molecule has 3 rings (SSSR count). The molecule has 0 unspecified atom stereocenters. The molecule has 2 N–H and O–H groups in total. The summed E-state index contributed by atoms with van der Waals surface area (Å²) in [6.07, 6.45) is 0. The van der Waals surface area contributed by atoms with Gasteiger partial charge in [-0.15, -0.1) is 0 Å². The largest absolute Gasteiger partial charge is 0.465 e. The monoisotopic (exact) mass is 474 g/mol. The first-order valence-corrected chi connectivity index (χ1v) is 12.4. The molecule has 0 heterocycles. The van der Waals surface area contributed by atoms with Gasteiger partial charge in [0.05, 0.1) is 28.2 Å². The van der Waals surface area contributed by atoms with Crippen LogP contribution in [0.1, 0.15) is 21.5 Å². The average molecular weight is 475 g/mol. The van der Waals surface area contributed by atoms with Gasteiger partial charge >= 0.3 is 5.97 Å². The Hall–Kier alpha value is -3.37. The molecular formula is C22H22N2O6S2. The van der Waals surface area contributed by atoms with Crippen molar-refractivity contribution in [3.63, 3.8) is 0 Å². The number of sulfonamides is 2. The van der Waals surface area contributed by atoms with E-state index in [-0.39, 0.29) is 21.0 Å². The zero-order valence-electron chi connectivity index (χ0n) is 17.6. The highest BCUT2D eigenvalue weighted by molar-refractivity contribution is 7.93. The molecule has 0 aromatic heterocycles. The molecule has 0 saturated heterocycles. The van der Waals surface area contributed by atoms with Crippen molar-refractivity contribution >= 4 is 37.4 Å². The highest BCUT2D eigenvalue weighted by Gasteiger charge is 2.20. The smallest absolute Gasteiger partial charge is 0.337 e. The van der Waals surface area contributed by atoms with E-state index in [1.54, 1.807) is 25.1 Å². The number of carbonyl (C=O) groups excluding carboxylic acids is 1. The van der Waals surface area contributed by atoms with Crippen molar-refractivity contribution in [3.05, 3.63) is 83.4 Å². The number of carbonyl (C=O) groups is 1. The standard InChI is InChI=1S/C22H22N2O6S2/c1-15-5-4-6-18(13-15)24-32(28,29)21-14-19(10-7-16(21)2)23-31(26,27)20-11-8-17(9-12-20)22(25)30-3/h4-14,23-24H,1-3H3. The summed E-state index contributed by atoms with van der Waals surface area (Å²) in [6, 6.07) is 16.3. The Balaban J connectivity index is 1.88. The fourth-order valence-corrected chi connectivity index (χ4v) is 5.34. The molecule has 168 valence electrons. The summed E-state index contributed by atoms with van der Waals surface area (Å²) in [5.41, 5.74) is 2.04. The van der Waals surface area contributed by atoms with Crippen molar-refractivity contribution < 1.29 is 26.4 Å². The van der Waals surface area contributed by atoms with Crippen molar-refractivity contribution in [2.24, 2.45) is 0 Å². The van der Waals surface area contributed by atoms with E-state index in [0.717, 1.165) is 5.56 Å². The first kappa shape index (κ1) is 23.3. The quantitative estimate of drug-likeness (QED) is 0.504. The van der Waals surface area contributed by atoms with Crippen LogP contribution < -0.4 is 9.44 Å². The van der Waals surface area contributed by atoms with Gasteiger partial charge in [-0.1, -0.05) is 18.2 Å². The second-order valence-electron chi connectivity index (χ2n) is 7.08. The number of hydrogen-bond donors (Lipinski definition) is 2. The molecule has 0 saturated carbocycles. The van der Waals surface area contributed by atoms with E-state index in [9.17, 15) is 21.6 Å². The molecule has 0 bridgehead atoms. The first-order valence-electron chi connectivity index (χ1n) is 9.43. The Kier molecular flexibility index (Phi) is 6.56. The minimum absolute atomic E-state index is 0.0553. The van der Waals surface area contributed by atoms with Crippen LogP contribution in [0.3, 0.4) is 0 Å². The number of anilines is 2. The number of ether oxygens (including phenoxy) is 1. The topological polar surface area (TPSA) is 119 Å². The summed E-state index contributed by atoms with van der Waals surface area (Å²) in [4.78, 5) is 11.4. The third-order valence-corrected chi connectivity index (χ3v) is 7.51. The van der Waals surface area contributed by atoms with E-state index in [0.29, 0.717) is 11.3 Å². The van der Waals surface area contributed by atoms with Crippen LogP contribution in [0.4, 0.5) is 11.4 Å². The maximum Gasteiger partial charge on any atom is 0.337 e. The molecule has 3 aromatic rings. The summed E-state index contributed by atoms with van der Waals surface area (Å²) < 4.78 is 60.8.